The predicted octanol–water partition coefficient (Wildman–Crippen LogP) is 1.39. The molecule has 2 N–H and O–H groups in total. The Morgan fingerprint density at radius 2 is 1.52 bits per heavy atom. The van der Waals surface area contributed by atoms with Gasteiger partial charge in [-0.2, -0.15) is 0 Å². The van der Waals surface area contributed by atoms with Gasteiger partial charge in [0, 0.05) is 6.54 Å². The molecule has 0 atom stereocenters. The van der Waals surface area contributed by atoms with Gasteiger partial charge in [-0.05, 0) is 81.0 Å². The normalized spacial score (nSPS) is 42.2. The van der Waals surface area contributed by atoms with Crippen molar-refractivity contribution in [2.24, 2.45) is 23.2 Å². The number of quaternary nitrogens is 1. The Labute approximate surface area is 128 Å². The highest BCUT2D eigenvalue weighted by Gasteiger charge is 2.50. The van der Waals surface area contributed by atoms with Crippen molar-refractivity contribution in [2.75, 3.05) is 26.2 Å². The Hall–Kier alpha value is -0.570. The lowest BCUT2D eigenvalue weighted by atomic mass is 9.49. The van der Waals surface area contributed by atoms with Crippen LogP contribution in [0.1, 0.15) is 57.8 Å². The van der Waals surface area contributed by atoms with Crippen LogP contribution in [0.4, 0.5) is 0 Å². The quantitative estimate of drug-likeness (QED) is 0.806. The molecule has 1 aliphatic heterocycles. The Bertz CT molecular complexity index is 365. The third-order valence-corrected chi connectivity index (χ3v) is 6.80. The minimum atomic E-state index is 0.308. The van der Waals surface area contributed by atoms with E-state index in [9.17, 15) is 4.79 Å². The van der Waals surface area contributed by atoms with Crippen LogP contribution in [0.15, 0.2) is 0 Å². The van der Waals surface area contributed by atoms with Crippen molar-refractivity contribution in [3.63, 3.8) is 0 Å². The predicted molar refractivity (Wildman–Crippen MR) is 83.0 cm³/mol. The van der Waals surface area contributed by atoms with Crippen molar-refractivity contribution in [1.82, 2.24) is 5.32 Å². The van der Waals surface area contributed by atoms with E-state index in [1.165, 1.54) is 75.8 Å². The third-order valence-electron chi connectivity index (χ3n) is 6.80. The second-order valence-electron chi connectivity index (χ2n) is 8.68. The van der Waals surface area contributed by atoms with Crippen molar-refractivity contribution in [3.05, 3.63) is 0 Å². The van der Waals surface area contributed by atoms with E-state index in [-0.39, 0.29) is 0 Å². The van der Waals surface area contributed by atoms with Crippen LogP contribution in [0.3, 0.4) is 0 Å². The molecular weight excluding hydrogens is 260 g/mol. The molecule has 0 spiro atoms. The van der Waals surface area contributed by atoms with E-state index in [0.29, 0.717) is 17.9 Å². The van der Waals surface area contributed by atoms with E-state index in [0.717, 1.165) is 24.3 Å². The van der Waals surface area contributed by atoms with Crippen molar-refractivity contribution in [2.45, 2.75) is 57.8 Å². The average molecular weight is 291 g/mol. The fourth-order valence-electron chi connectivity index (χ4n) is 6.31. The minimum absolute atomic E-state index is 0.308. The maximum absolute atomic E-state index is 12.3. The van der Waals surface area contributed by atoms with Gasteiger partial charge in [0.25, 0.3) is 5.91 Å². The Kier molecular flexibility index (Phi) is 3.72. The topological polar surface area (TPSA) is 33.5 Å². The fraction of sp³-hybridized carbons (Fsp3) is 0.944. The highest BCUT2D eigenvalue weighted by molar-refractivity contribution is 5.76. The van der Waals surface area contributed by atoms with Crippen LogP contribution >= 0.6 is 0 Å². The molecule has 5 rings (SSSR count). The molecule has 21 heavy (non-hydrogen) atoms. The van der Waals surface area contributed by atoms with Gasteiger partial charge >= 0.3 is 0 Å². The molecule has 0 radical (unpaired) electrons. The summed E-state index contributed by atoms with van der Waals surface area (Å²) in [7, 11) is 0. The van der Waals surface area contributed by atoms with Gasteiger partial charge in [0.2, 0.25) is 0 Å². The number of carbonyl (C=O) groups excluding carboxylic acids is 1. The minimum Gasteiger partial charge on any atom is -0.351 e. The van der Waals surface area contributed by atoms with Crippen molar-refractivity contribution in [3.8, 4) is 0 Å². The third kappa shape index (κ3) is 2.99. The second-order valence-corrected chi connectivity index (χ2v) is 8.68. The van der Waals surface area contributed by atoms with Crippen molar-refractivity contribution >= 4 is 5.91 Å². The lowest BCUT2D eigenvalue weighted by Crippen LogP contribution is -3.13. The highest BCUT2D eigenvalue weighted by atomic mass is 16.2. The summed E-state index contributed by atoms with van der Waals surface area (Å²) in [5.41, 5.74) is 0.488. The molecule has 5 aliphatic rings. The number of amides is 1. The Morgan fingerprint density at radius 1 is 0.952 bits per heavy atom. The summed E-state index contributed by atoms with van der Waals surface area (Å²) in [6, 6.07) is 0. The molecule has 0 aromatic carbocycles. The first-order chi connectivity index (χ1) is 10.2. The van der Waals surface area contributed by atoms with Crippen LogP contribution in [0.5, 0.6) is 0 Å². The highest BCUT2D eigenvalue weighted by Crippen LogP contribution is 2.59. The average Bonchev–Trinajstić information content (AvgIpc) is 2.45. The van der Waals surface area contributed by atoms with Gasteiger partial charge in [-0.3, -0.25) is 4.79 Å². The van der Waals surface area contributed by atoms with Gasteiger partial charge < -0.3 is 10.2 Å². The Morgan fingerprint density at radius 3 is 2.10 bits per heavy atom. The summed E-state index contributed by atoms with van der Waals surface area (Å²) in [5, 5.41) is 3.33. The van der Waals surface area contributed by atoms with E-state index in [4.69, 9.17) is 0 Å². The SMILES string of the molecule is O=C(C[NH+]1CCCCC1)NCC12CC3CC(CC(C3)C1)C2. The fourth-order valence-corrected chi connectivity index (χ4v) is 6.31. The first-order valence-corrected chi connectivity index (χ1v) is 9.31. The summed E-state index contributed by atoms with van der Waals surface area (Å²) in [5.74, 6) is 3.27. The van der Waals surface area contributed by atoms with Crippen LogP contribution in [0, 0.1) is 23.2 Å². The number of hydrogen-bond donors (Lipinski definition) is 2. The molecule has 5 fully saturated rings. The van der Waals surface area contributed by atoms with E-state index >= 15 is 0 Å². The van der Waals surface area contributed by atoms with E-state index in [2.05, 4.69) is 5.32 Å². The first kappa shape index (κ1) is 14.0. The molecule has 1 amide bonds. The molecule has 0 unspecified atom stereocenters. The van der Waals surface area contributed by atoms with Gasteiger partial charge in [0.15, 0.2) is 6.54 Å². The number of rotatable bonds is 4. The molecule has 0 aromatic heterocycles. The Balaban J connectivity index is 1.29. The van der Waals surface area contributed by atoms with Crippen LogP contribution in [-0.4, -0.2) is 32.1 Å². The number of hydrogen-bond acceptors (Lipinski definition) is 1. The summed E-state index contributed by atoms with van der Waals surface area (Å²) in [6.07, 6.45) is 12.6. The van der Waals surface area contributed by atoms with Crippen LogP contribution < -0.4 is 10.2 Å². The van der Waals surface area contributed by atoms with Gasteiger partial charge in [0.1, 0.15) is 0 Å². The summed E-state index contributed by atoms with van der Waals surface area (Å²) >= 11 is 0. The van der Waals surface area contributed by atoms with Gasteiger partial charge in [-0.15, -0.1) is 0 Å². The molecular formula is C18H31N2O+. The maximum Gasteiger partial charge on any atom is 0.275 e. The lowest BCUT2D eigenvalue weighted by Gasteiger charge is -2.56. The molecule has 1 heterocycles. The van der Waals surface area contributed by atoms with Gasteiger partial charge in [-0.25, -0.2) is 0 Å². The molecule has 3 nitrogen and oxygen atoms in total. The lowest BCUT2D eigenvalue weighted by molar-refractivity contribution is -0.896. The van der Waals surface area contributed by atoms with E-state index < -0.39 is 0 Å². The first-order valence-electron chi connectivity index (χ1n) is 9.31. The smallest absolute Gasteiger partial charge is 0.275 e. The molecule has 1 saturated heterocycles. The zero-order chi connectivity index (χ0) is 14.3. The van der Waals surface area contributed by atoms with Crippen LogP contribution in [0.25, 0.3) is 0 Å². The number of likely N-dealkylation sites (tertiary alicyclic amines) is 1. The van der Waals surface area contributed by atoms with Gasteiger partial charge in [-0.1, -0.05) is 0 Å². The van der Waals surface area contributed by atoms with Crippen molar-refractivity contribution in [1.29, 1.82) is 0 Å². The molecule has 4 saturated carbocycles. The monoisotopic (exact) mass is 291 g/mol. The maximum atomic E-state index is 12.3. The number of piperidine rings is 1. The van der Waals surface area contributed by atoms with Crippen molar-refractivity contribution < 1.29 is 9.69 Å². The molecule has 4 bridgehead atoms. The summed E-state index contributed by atoms with van der Waals surface area (Å²) < 4.78 is 0. The standard InChI is InChI=1S/C18H30N2O/c21-17(12-20-4-2-1-3-5-20)19-13-18-9-14-6-15(10-18)8-16(7-14)11-18/h14-16H,1-13H2,(H,19,21)/p+1. The molecule has 118 valence electrons. The molecule has 0 aromatic rings. The van der Waals surface area contributed by atoms with E-state index in [1.807, 2.05) is 0 Å². The van der Waals surface area contributed by atoms with Gasteiger partial charge in [0.05, 0.1) is 13.1 Å². The van der Waals surface area contributed by atoms with Crippen LogP contribution in [-0.2, 0) is 4.79 Å². The number of nitrogens with one attached hydrogen (secondary N) is 2. The summed E-state index contributed by atoms with van der Waals surface area (Å²) in [6.45, 7) is 4.09. The number of carbonyl (C=O) groups is 1. The zero-order valence-electron chi connectivity index (χ0n) is 13.3. The van der Waals surface area contributed by atoms with Crippen LogP contribution in [0.2, 0.25) is 0 Å². The second kappa shape index (κ2) is 5.57. The summed E-state index contributed by atoms with van der Waals surface area (Å²) in [4.78, 5) is 13.8. The van der Waals surface area contributed by atoms with E-state index in [1.54, 1.807) is 0 Å². The zero-order valence-corrected chi connectivity index (χ0v) is 13.3. The molecule has 3 heteroatoms. The largest absolute Gasteiger partial charge is 0.351 e. The molecule has 4 aliphatic carbocycles.